The van der Waals surface area contributed by atoms with Crippen molar-refractivity contribution in [2.24, 2.45) is 5.92 Å². The van der Waals surface area contributed by atoms with Gasteiger partial charge in [-0.05, 0) is 31.0 Å². The summed E-state index contributed by atoms with van der Waals surface area (Å²) in [5, 5.41) is 4.35. The van der Waals surface area contributed by atoms with Crippen LogP contribution in [0.2, 0.25) is 0 Å². The maximum Gasteiger partial charge on any atom is 0.274 e. The molecular formula is C20H20N6O2. The molecule has 0 radical (unpaired) electrons. The summed E-state index contributed by atoms with van der Waals surface area (Å²) in [6.07, 6.45) is 6.90. The molecule has 3 aliphatic rings. The van der Waals surface area contributed by atoms with Gasteiger partial charge in [-0.15, -0.1) is 0 Å². The van der Waals surface area contributed by atoms with Gasteiger partial charge in [-0.1, -0.05) is 6.07 Å². The van der Waals surface area contributed by atoms with E-state index >= 15 is 0 Å². The molecule has 8 heteroatoms. The second-order valence-electron chi connectivity index (χ2n) is 7.38. The van der Waals surface area contributed by atoms with E-state index < -0.39 is 0 Å². The van der Waals surface area contributed by atoms with Gasteiger partial charge in [0.1, 0.15) is 0 Å². The highest BCUT2D eigenvalue weighted by atomic mass is 16.2. The summed E-state index contributed by atoms with van der Waals surface area (Å²) in [5.74, 6) is -0.190. The van der Waals surface area contributed by atoms with E-state index in [0.29, 0.717) is 31.0 Å². The molecule has 6 rings (SSSR count). The maximum absolute atomic E-state index is 13.1. The lowest BCUT2D eigenvalue weighted by Crippen LogP contribution is -2.47. The highest BCUT2D eigenvalue weighted by Crippen LogP contribution is 2.30. The number of amides is 2. The molecule has 2 bridgehead atoms. The van der Waals surface area contributed by atoms with E-state index in [2.05, 4.69) is 15.1 Å². The Morgan fingerprint density at radius 3 is 2.82 bits per heavy atom. The van der Waals surface area contributed by atoms with Crippen LogP contribution in [-0.4, -0.2) is 60.3 Å². The molecule has 2 atom stereocenters. The van der Waals surface area contributed by atoms with Crippen molar-refractivity contribution in [2.45, 2.75) is 25.4 Å². The number of piperidine rings is 1. The second kappa shape index (κ2) is 6.70. The molecule has 3 fully saturated rings. The largest absolute Gasteiger partial charge is 0.334 e. The minimum absolute atomic E-state index is 0.00682. The van der Waals surface area contributed by atoms with E-state index in [4.69, 9.17) is 0 Å². The van der Waals surface area contributed by atoms with E-state index in [9.17, 15) is 9.59 Å². The van der Waals surface area contributed by atoms with Crippen LogP contribution in [-0.2, 0) is 11.3 Å². The van der Waals surface area contributed by atoms with E-state index in [1.807, 2.05) is 23.1 Å². The van der Waals surface area contributed by atoms with Gasteiger partial charge in [0, 0.05) is 43.8 Å². The van der Waals surface area contributed by atoms with Gasteiger partial charge in [-0.2, -0.15) is 5.10 Å². The molecule has 0 aromatic carbocycles. The first-order chi connectivity index (χ1) is 13.7. The minimum Gasteiger partial charge on any atom is -0.334 e. The standard InChI is InChI=1S/C20H20N6O2/c27-19-14-5-6-16(25(19)12-15-4-1-2-7-21-15)13-24(11-14)20(28)17-10-18-22-8-3-9-26(18)23-17/h1-4,7-10,14,16H,5-6,11-13H2/t14-,16+/m0/s1. The molecule has 0 aliphatic carbocycles. The smallest absolute Gasteiger partial charge is 0.274 e. The number of hydrogen-bond acceptors (Lipinski definition) is 5. The quantitative estimate of drug-likeness (QED) is 0.690. The fourth-order valence-corrected chi connectivity index (χ4v) is 4.18. The van der Waals surface area contributed by atoms with Crippen molar-refractivity contribution in [3.63, 3.8) is 0 Å². The van der Waals surface area contributed by atoms with E-state index in [0.717, 1.165) is 18.5 Å². The fraction of sp³-hybridized carbons (Fsp3) is 0.350. The zero-order chi connectivity index (χ0) is 19.1. The molecule has 0 saturated carbocycles. The number of fused-ring (bicyclic) bond motifs is 5. The van der Waals surface area contributed by atoms with Crippen molar-refractivity contribution in [2.75, 3.05) is 13.1 Å². The van der Waals surface area contributed by atoms with Crippen molar-refractivity contribution in [1.82, 2.24) is 29.4 Å². The first-order valence-corrected chi connectivity index (χ1v) is 9.49. The van der Waals surface area contributed by atoms with Crippen LogP contribution in [0.15, 0.2) is 48.9 Å². The summed E-state index contributed by atoms with van der Waals surface area (Å²) in [6.45, 7) is 1.45. The van der Waals surface area contributed by atoms with Crippen molar-refractivity contribution in [3.8, 4) is 0 Å². The van der Waals surface area contributed by atoms with Crippen LogP contribution in [0, 0.1) is 5.92 Å². The Labute approximate surface area is 161 Å². The monoisotopic (exact) mass is 376 g/mol. The molecule has 8 nitrogen and oxygen atoms in total. The van der Waals surface area contributed by atoms with Gasteiger partial charge in [-0.3, -0.25) is 14.6 Å². The minimum atomic E-state index is -0.165. The van der Waals surface area contributed by atoms with Crippen LogP contribution in [0.25, 0.3) is 5.65 Å². The predicted octanol–water partition coefficient (Wildman–Crippen LogP) is 1.39. The van der Waals surface area contributed by atoms with Crippen LogP contribution in [0.4, 0.5) is 0 Å². The summed E-state index contributed by atoms with van der Waals surface area (Å²) in [6, 6.07) is 9.20. The van der Waals surface area contributed by atoms with E-state index in [1.165, 1.54) is 0 Å². The Bertz CT molecular complexity index is 1000. The third kappa shape index (κ3) is 2.90. The topological polar surface area (TPSA) is 83.7 Å². The molecule has 0 N–H and O–H groups in total. The van der Waals surface area contributed by atoms with Gasteiger partial charge >= 0.3 is 0 Å². The number of nitrogens with zero attached hydrogens (tertiary/aromatic N) is 6. The molecule has 142 valence electrons. The van der Waals surface area contributed by atoms with Gasteiger partial charge in [0.25, 0.3) is 5.91 Å². The normalized spacial score (nSPS) is 21.9. The fourth-order valence-electron chi connectivity index (χ4n) is 4.18. The molecular weight excluding hydrogens is 356 g/mol. The number of hydrogen-bond donors (Lipinski definition) is 0. The third-order valence-corrected chi connectivity index (χ3v) is 5.59. The van der Waals surface area contributed by atoms with Gasteiger partial charge in [0.05, 0.1) is 18.2 Å². The van der Waals surface area contributed by atoms with Gasteiger partial charge < -0.3 is 9.80 Å². The maximum atomic E-state index is 13.1. The number of carbonyl (C=O) groups excluding carboxylic acids is 2. The molecule has 28 heavy (non-hydrogen) atoms. The summed E-state index contributed by atoms with van der Waals surface area (Å²) in [5.41, 5.74) is 1.87. The van der Waals surface area contributed by atoms with Gasteiger partial charge in [-0.25, -0.2) is 9.50 Å². The van der Waals surface area contributed by atoms with Crippen LogP contribution in [0.5, 0.6) is 0 Å². The Hall–Kier alpha value is -3.29. The molecule has 0 unspecified atom stereocenters. The lowest BCUT2D eigenvalue weighted by molar-refractivity contribution is -0.140. The molecule has 6 heterocycles. The number of rotatable bonds is 3. The second-order valence-corrected chi connectivity index (χ2v) is 7.38. The number of aromatic nitrogens is 4. The lowest BCUT2D eigenvalue weighted by Gasteiger charge is -2.35. The van der Waals surface area contributed by atoms with Crippen LogP contribution < -0.4 is 0 Å². The van der Waals surface area contributed by atoms with Crippen LogP contribution in [0.3, 0.4) is 0 Å². The van der Waals surface area contributed by atoms with Gasteiger partial charge in [0.2, 0.25) is 5.91 Å². The highest BCUT2D eigenvalue weighted by Gasteiger charge is 2.42. The summed E-state index contributed by atoms with van der Waals surface area (Å²) in [4.78, 5) is 38.3. The predicted molar refractivity (Wildman–Crippen MR) is 100 cm³/mol. The van der Waals surface area contributed by atoms with Crippen LogP contribution in [0.1, 0.15) is 29.0 Å². The first-order valence-electron chi connectivity index (χ1n) is 9.49. The molecule has 2 amide bonds. The molecule has 3 saturated heterocycles. The zero-order valence-electron chi connectivity index (χ0n) is 15.3. The first kappa shape index (κ1) is 16.9. The third-order valence-electron chi connectivity index (χ3n) is 5.59. The van der Waals surface area contributed by atoms with Crippen LogP contribution >= 0.6 is 0 Å². The van der Waals surface area contributed by atoms with E-state index in [-0.39, 0.29) is 23.8 Å². The Balaban J connectivity index is 1.39. The Morgan fingerprint density at radius 2 is 2.00 bits per heavy atom. The highest BCUT2D eigenvalue weighted by molar-refractivity contribution is 5.94. The van der Waals surface area contributed by atoms with Gasteiger partial charge in [0.15, 0.2) is 11.3 Å². The Kier molecular flexibility index (Phi) is 4.03. The lowest BCUT2D eigenvalue weighted by atomic mass is 9.94. The average molecular weight is 376 g/mol. The van der Waals surface area contributed by atoms with Crippen molar-refractivity contribution >= 4 is 17.5 Å². The molecule has 3 aromatic heterocycles. The Morgan fingerprint density at radius 1 is 1.11 bits per heavy atom. The van der Waals surface area contributed by atoms with Crippen molar-refractivity contribution in [1.29, 1.82) is 0 Å². The summed E-state index contributed by atoms with van der Waals surface area (Å²) >= 11 is 0. The summed E-state index contributed by atoms with van der Waals surface area (Å²) in [7, 11) is 0. The van der Waals surface area contributed by atoms with Crippen molar-refractivity contribution < 1.29 is 9.59 Å². The number of pyridine rings is 1. The average Bonchev–Trinajstić information content (AvgIpc) is 2.98. The zero-order valence-corrected chi connectivity index (χ0v) is 15.3. The molecule has 3 aliphatic heterocycles. The molecule has 3 aromatic rings. The van der Waals surface area contributed by atoms with E-state index in [1.54, 1.807) is 40.1 Å². The van der Waals surface area contributed by atoms with Crippen molar-refractivity contribution in [3.05, 3.63) is 60.3 Å². The molecule has 0 spiro atoms. The summed E-state index contributed by atoms with van der Waals surface area (Å²) < 4.78 is 1.60. The number of carbonyl (C=O) groups is 2. The SMILES string of the molecule is O=C(c1cc2ncccn2n1)N1C[C@@H]2CC[C@H](C1)N(Cc1ccccn1)C2=O.